The van der Waals surface area contributed by atoms with Gasteiger partial charge < -0.3 is 19.4 Å². The van der Waals surface area contributed by atoms with E-state index >= 15 is 0 Å². The van der Waals surface area contributed by atoms with Crippen LogP contribution in [0.1, 0.15) is 23.2 Å². The van der Waals surface area contributed by atoms with E-state index in [4.69, 9.17) is 4.74 Å². The van der Waals surface area contributed by atoms with Gasteiger partial charge in [-0.05, 0) is 49.2 Å². The van der Waals surface area contributed by atoms with Crippen molar-refractivity contribution in [2.75, 3.05) is 44.7 Å². The van der Waals surface area contributed by atoms with Crippen LogP contribution in [0, 0.1) is 5.82 Å². The summed E-state index contributed by atoms with van der Waals surface area (Å²) in [6.45, 7) is 2.23. The van der Waals surface area contributed by atoms with Gasteiger partial charge in [0.25, 0.3) is 5.91 Å². The molecule has 3 aromatic rings. The molecule has 0 spiro atoms. The maximum absolute atomic E-state index is 14.2. The molecule has 186 valence electrons. The molecule has 2 amide bonds. The van der Waals surface area contributed by atoms with Gasteiger partial charge in [0.2, 0.25) is 5.91 Å². The number of benzene rings is 2. The topological polar surface area (TPSA) is 78.9 Å². The lowest BCUT2D eigenvalue weighted by molar-refractivity contribution is -0.132. The van der Waals surface area contributed by atoms with Crippen LogP contribution in [-0.2, 0) is 4.79 Å². The number of hydrogen-bond acceptors (Lipinski definition) is 6. The average molecular weight is 490 g/mol. The first-order valence-electron chi connectivity index (χ1n) is 12.1. The predicted octanol–water partition coefficient (Wildman–Crippen LogP) is 3.24. The first-order valence-corrected chi connectivity index (χ1v) is 12.1. The quantitative estimate of drug-likeness (QED) is 0.507. The van der Waals surface area contributed by atoms with Gasteiger partial charge in [0.1, 0.15) is 18.1 Å². The van der Waals surface area contributed by atoms with Gasteiger partial charge >= 0.3 is 0 Å². The number of anilines is 1. The molecule has 2 aliphatic rings. The molecular formula is C27H28FN5O3. The second-order valence-electron chi connectivity index (χ2n) is 9.02. The third-order valence-electron chi connectivity index (χ3n) is 6.63. The van der Waals surface area contributed by atoms with Crippen molar-refractivity contribution in [1.82, 2.24) is 20.0 Å². The molecule has 2 aromatic carbocycles. The summed E-state index contributed by atoms with van der Waals surface area (Å²) in [7, 11) is 1.63. The minimum atomic E-state index is -0.562. The summed E-state index contributed by atoms with van der Waals surface area (Å²) in [5, 5.41) is 8.76. The number of hydrogen-bond donors (Lipinski definition) is 0. The minimum absolute atomic E-state index is 0.000664. The van der Waals surface area contributed by atoms with Crippen LogP contribution in [0.15, 0.2) is 60.7 Å². The van der Waals surface area contributed by atoms with Gasteiger partial charge in [-0.2, -0.15) is 0 Å². The molecule has 2 fully saturated rings. The number of rotatable bonds is 7. The fourth-order valence-corrected chi connectivity index (χ4v) is 4.40. The van der Waals surface area contributed by atoms with Crippen molar-refractivity contribution in [2.45, 2.75) is 18.9 Å². The van der Waals surface area contributed by atoms with Crippen molar-refractivity contribution >= 4 is 17.6 Å². The second-order valence-corrected chi connectivity index (χ2v) is 9.02. The molecule has 1 saturated heterocycles. The van der Waals surface area contributed by atoms with Crippen LogP contribution >= 0.6 is 0 Å². The Hall–Kier alpha value is -4.01. The Bertz CT molecular complexity index is 1240. The number of carbonyl (C=O) groups is 2. The Balaban J connectivity index is 1.18. The van der Waals surface area contributed by atoms with Crippen LogP contribution in [0.3, 0.4) is 0 Å². The number of ether oxygens (including phenoxy) is 1. The van der Waals surface area contributed by atoms with Gasteiger partial charge in [-0.15, -0.1) is 10.2 Å². The van der Waals surface area contributed by atoms with Gasteiger partial charge in [0.15, 0.2) is 5.82 Å². The maximum atomic E-state index is 14.2. The van der Waals surface area contributed by atoms with Crippen molar-refractivity contribution in [3.63, 3.8) is 0 Å². The lowest BCUT2D eigenvalue weighted by Gasteiger charge is -2.36. The van der Waals surface area contributed by atoms with Gasteiger partial charge in [-0.1, -0.05) is 24.3 Å². The fourth-order valence-electron chi connectivity index (χ4n) is 4.40. The molecule has 2 heterocycles. The zero-order valence-corrected chi connectivity index (χ0v) is 20.1. The van der Waals surface area contributed by atoms with Gasteiger partial charge in [-0.25, -0.2) is 4.39 Å². The van der Waals surface area contributed by atoms with E-state index in [2.05, 4.69) is 15.1 Å². The first-order chi connectivity index (χ1) is 17.5. The molecule has 0 atom stereocenters. The highest BCUT2D eigenvalue weighted by Gasteiger charge is 2.36. The highest BCUT2D eigenvalue weighted by molar-refractivity contribution is 5.97. The fraction of sp³-hybridized carbons (Fsp3) is 0.333. The average Bonchev–Trinajstić information content (AvgIpc) is 3.77. The Morgan fingerprint density at radius 2 is 1.78 bits per heavy atom. The molecule has 0 radical (unpaired) electrons. The molecule has 0 N–H and O–H groups in total. The number of nitrogens with zero attached hydrogens (tertiary/aromatic N) is 5. The van der Waals surface area contributed by atoms with Crippen LogP contribution in [0.2, 0.25) is 0 Å². The molecule has 1 aliphatic heterocycles. The van der Waals surface area contributed by atoms with Gasteiger partial charge in [-0.3, -0.25) is 9.59 Å². The van der Waals surface area contributed by atoms with Crippen molar-refractivity contribution < 1.29 is 18.7 Å². The molecular weight excluding hydrogens is 461 g/mol. The van der Waals surface area contributed by atoms with E-state index in [1.165, 1.54) is 17.0 Å². The van der Waals surface area contributed by atoms with Crippen LogP contribution < -0.4 is 9.64 Å². The number of aromatic nitrogens is 2. The second kappa shape index (κ2) is 10.3. The Kier molecular flexibility index (Phi) is 6.79. The number of halogens is 1. The Labute approximate surface area is 209 Å². The third kappa shape index (κ3) is 5.15. The van der Waals surface area contributed by atoms with E-state index in [1.54, 1.807) is 24.1 Å². The summed E-state index contributed by atoms with van der Waals surface area (Å²) in [5.74, 6) is 0.408. The summed E-state index contributed by atoms with van der Waals surface area (Å²) in [6.07, 6.45) is 1.68. The summed E-state index contributed by atoms with van der Waals surface area (Å²) in [4.78, 5) is 31.4. The molecule has 1 aliphatic carbocycles. The van der Waals surface area contributed by atoms with Crippen molar-refractivity contribution in [3.05, 3.63) is 72.0 Å². The predicted molar refractivity (Wildman–Crippen MR) is 133 cm³/mol. The monoisotopic (exact) mass is 489 g/mol. The van der Waals surface area contributed by atoms with Crippen LogP contribution in [-0.4, -0.2) is 77.7 Å². The molecule has 8 nitrogen and oxygen atoms in total. The number of carbonyl (C=O) groups excluding carboxylic acids is 2. The van der Waals surface area contributed by atoms with E-state index in [0.717, 1.165) is 35.7 Å². The minimum Gasteiger partial charge on any atom is -0.497 e. The van der Waals surface area contributed by atoms with Crippen LogP contribution in [0.25, 0.3) is 11.3 Å². The van der Waals surface area contributed by atoms with Crippen molar-refractivity contribution in [2.24, 2.45) is 0 Å². The molecule has 9 heteroatoms. The number of methoxy groups -OCH3 is 1. The zero-order chi connectivity index (χ0) is 25.1. The molecule has 0 bridgehead atoms. The van der Waals surface area contributed by atoms with E-state index in [1.807, 2.05) is 36.4 Å². The Morgan fingerprint density at radius 3 is 2.44 bits per heavy atom. The summed E-state index contributed by atoms with van der Waals surface area (Å²) >= 11 is 0. The van der Waals surface area contributed by atoms with Crippen LogP contribution in [0.5, 0.6) is 5.75 Å². The standard InChI is InChI=1S/C27H28FN5O3/c1-36-21-6-4-5-19(17-21)24-11-12-25(30-29-24)31-13-15-32(16-14-31)26(34)18-33(20-9-10-20)27(35)22-7-2-3-8-23(22)28/h2-8,11-12,17,20H,9-10,13-16,18H2,1H3. The van der Waals surface area contributed by atoms with E-state index in [-0.39, 0.29) is 24.1 Å². The highest BCUT2D eigenvalue weighted by Crippen LogP contribution is 2.29. The number of amides is 2. The van der Waals surface area contributed by atoms with E-state index < -0.39 is 11.7 Å². The smallest absolute Gasteiger partial charge is 0.257 e. The van der Waals surface area contributed by atoms with E-state index in [0.29, 0.717) is 26.2 Å². The highest BCUT2D eigenvalue weighted by atomic mass is 19.1. The summed E-state index contributed by atoms with van der Waals surface area (Å²) in [6, 6.07) is 17.4. The molecule has 1 aromatic heterocycles. The maximum Gasteiger partial charge on any atom is 0.257 e. The Morgan fingerprint density at radius 1 is 1.00 bits per heavy atom. The first kappa shape index (κ1) is 23.7. The lowest BCUT2D eigenvalue weighted by Crippen LogP contribution is -2.52. The molecule has 0 unspecified atom stereocenters. The molecule has 5 rings (SSSR count). The SMILES string of the molecule is COc1cccc(-c2ccc(N3CCN(C(=O)CN(C(=O)c4ccccc4F)C4CC4)CC3)nn2)c1. The van der Waals surface area contributed by atoms with Crippen LogP contribution in [0.4, 0.5) is 10.2 Å². The normalized spacial score (nSPS) is 15.5. The zero-order valence-electron chi connectivity index (χ0n) is 20.1. The summed E-state index contributed by atoms with van der Waals surface area (Å²) < 4.78 is 19.4. The van der Waals surface area contributed by atoms with Gasteiger partial charge in [0.05, 0.1) is 18.4 Å². The lowest BCUT2D eigenvalue weighted by atomic mass is 10.1. The van der Waals surface area contributed by atoms with Crippen molar-refractivity contribution in [3.8, 4) is 17.0 Å². The largest absolute Gasteiger partial charge is 0.497 e. The molecule has 1 saturated carbocycles. The number of piperazine rings is 1. The summed E-state index contributed by atoms with van der Waals surface area (Å²) in [5.41, 5.74) is 1.69. The van der Waals surface area contributed by atoms with Gasteiger partial charge in [0, 0.05) is 37.8 Å². The molecule has 36 heavy (non-hydrogen) atoms. The third-order valence-corrected chi connectivity index (χ3v) is 6.63. The van der Waals surface area contributed by atoms with Crippen molar-refractivity contribution in [1.29, 1.82) is 0 Å². The van der Waals surface area contributed by atoms with E-state index in [9.17, 15) is 14.0 Å².